The Morgan fingerprint density at radius 3 is 2.40 bits per heavy atom. The lowest BCUT2D eigenvalue weighted by Gasteiger charge is -2.41. The van der Waals surface area contributed by atoms with Crippen molar-refractivity contribution in [3.63, 3.8) is 0 Å². The van der Waals surface area contributed by atoms with E-state index < -0.39 is 15.3 Å². The number of hydrogen-bond donors (Lipinski definition) is 0. The average Bonchev–Trinajstić information content (AvgIpc) is 2.86. The van der Waals surface area contributed by atoms with Crippen LogP contribution in [0.15, 0.2) is 0 Å². The summed E-state index contributed by atoms with van der Waals surface area (Å²) in [6, 6.07) is 0. The first-order valence-corrected chi connectivity index (χ1v) is 8.88. The maximum atomic E-state index is 12.8. The molecule has 3 fully saturated rings. The summed E-state index contributed by atoms with van der Waals surface area (Å²) < 4.78 is 32.3. The van der Waals surface area contributed by atoms with Crippen LogP contribution in [0, 0.1) is 23.2 Å². The van der Waals surface area contributed by atoms with Crippen LogP contribution in [0.3, 0.4) is 0 Å². The van der Waals surface area contributed by atoms with Crippen LogP contribution in [-0.2, 0) is 19.6 Å². The molecule has 4 atom stereocenters. The fraction of sp³-hybridized carbons (Fsp3) is 0.929. The van der Waals surface area contributed by atoms with E-state index in [2.05, 4.69) is 20.8 Å². The molecule has 1 aliphatic heterocycles. The second-order valence-corrected chi connectivity index (χ2v) is 8.99. The normalized spacial score (nSPS) is 41.2. The summed E-state index contributed by atoms with van der Waals surface area (Å²) in [6.07, 6.45) is 0.737. The molecule has 2 aliphatic carbocycles. The van der Waals surface area contributed by atoms with Gasteiger partial charge in [0.2, 0.25) is 10.0 Å². The highest BCUT2D eigenvalue weighted by Gasteiger charge is 2.64. The Labute approximate surface area is 120 Å². The van der Waals surface area contributed by atoms with Gasteiger partial charge in [-0.3, -0.25) is 4.79 Å². The highest BCUT2D eigenvalue weighted by atomic mass is 32.2. The van der Waals surface area contributed by atoms with E-state index in [-0.39, 0.29) is 29.0 Å². The van der Waals surface area contributed by atoms with Crippen LogP contribution in [0.1, 0.15) is 27.2 Å². The summed E-state index contributed by atoms with van der Waals surface area (Å²) in [5.74, 6) is 0.114. The predicted octanol–water partition coefficient (Wildman–Crippen LogP) is 0.898. The molecule has 0 N–H and O–H groups in total. The highest BCUT2D eigenvalue weighted by Crippen LogP contribution is 2.59. The summed E-state index contributed by atoms with van der Waals surface area (Å²) in [6.45, 7) is 7.90. The van der Waals surface area contributed by atoms with Crippen molar-refractivity contribution in [2.45, 2.75) is 32.4 Å². The lowest BCUT2D eigenvalue weighted by molar-refractivity contribution is -0.125. The second-order valence-electron chi connectivity index (χ2n) is 6.94. The zero-order valence-corrected chi connectivity index (χ0v) is 13.1. The average molecular weight is 301 g/mol. The maximum absolute atomic E-state index is 12.8. The van der Waals surface area contributed by atoms with E-state index in [1.165, 1.54) is 4.31 Å². The molecule has 3 rings (SSSR count). The number of ketones is 1. The van der Waals surface area contributed by atoms with Crippen molar-refractivity contribution in [1.29, 1.82) is 0 Å². The first-order valence-electron chi connectivity index (χ1n) is 7.38. The van der Waals surface area contributed by atoms with Crippen LogP contribution in [0.25, 0.3) is 0 Å². The molecule has 5 nitrogen and oxygen atoms in total. The van der Waals surface area contributed by atoms with Crippen LogP contribution in [0.5, 0.6) is 0 Å². The number of carbonyl (C=O) groups excluding carboxylic acids is 1. The number of sulfonamides is 1. The molecule has 0 aromatic carbocycles. The number of hydrogen-bond acceptors (Lipinski definition) is 4. The molecule has 1 saturated heterocycles. The van der Waals surface area contributed by atoms with E-state index in [9.17, 15) is 13.2 Å². The quantitative estimate of drug-likeness (QED) is 0.760. The van der Waals surface area contributed by atoms with Gasteiger partial charge in [0.1, 0.15) is 5.25 Å². The third-order valence-electron chi connectivity index (χ3n) is 5.90. The van der Waals surface area contributed by atoms with Gasteiger partial charge in [0.15, 0.2) is 5.78 Å². The summed E-state index contributed by atoms with van der Waals surface area (Å²) >= 11 is 0. The Balaban J connectivity index is 1.93. The minimum Gasteiger partial charge on any atom is -0.379 e. The zero-order chi connectivity index (χ0) is 14.7. The van der Waals surface area contributed by atoms with Crippen molar-refractivity contribution in [3.05, 3.63) is 0 Å². The summed E-state index contributed by atoms with van der Waals surface area (Å²) in [5, 5.41) is -0.822. The zero-order valence-electron chi connectivity index (χ0n) is 12.3. The van der Waals surface area contributed by atoms with Crippen molar-refractivity contribution in [2.75, 3.05) is 26.3 Å². The van der Waals surface area contributed by atoms with Gasteiger partial charge in [-0.2, -0.15) is 4.31 Å². The summed E-state index contributed by atoms with van der Waals surface area (Å²) in [4.78, 5) is 12.5. The molecule has 0 unspecified atom stereocenters. The molecule has 6 heteroatoms. The number of Topliss-reactive ketones (excluding diaryl/α,β-unsaturated/α-hetero) is 1. The molecule has 2 saturated carbocycles. The molecule has 114 valence electrons. The molecule has 20 heavy (non-hydrogen) atoms. The lowest BCUT2D eigenvalue weighted by atomic mass is 9.69. The summed E-state index contributed by atoms with van der Waals surface area (Å²) in [7, 11) is -3.53. The third-order valence-corrected chi connectivity index (χ3v) is 8.19. The first-order chi connectivity index (χ1) is 9.28. The third kappa shape index (κ3) is 1.81. The molecule has 0 aromatic heterocycles. The monoisotopic (exact) mass is 301 g/mol. The van der Waals surface area contributed by atoms with Gasteiger partial charge in [-0.25, -0.2) is 8.42 Å². The Morgan fingerprint density at radius 2 is 1.85 bits per heavy atom. The number of ether oxygens (including phenoxy) is 1. The van der Waals surface area contributed by atoms with Crippen molar-refractivity contribution in [3.8, 4) is 0 Å². The van der Waals surface area contributed by atoms with E-state index in [1.54, 1.807) is 0 Å². The van der Waals surface area contributed by atoms with Gasteiger partial charge in [-0.1, -0.05) is 20.8 Å². The van der Waals surface area contributed by atoms with E-state index in [4.69, 9.17) is 4.74 Å². The Hall–Kier alpha value is -0.460. The standard InChI is InChI=1S/C14H23NO4S/c1-9-10-8-11(14(9,2)3)13(12(10)16)20(17,18)15-4-6-19-7-5-15/h9-11,13H,4-8H2,1-3H3/t9-,10+,11+,13+/m0/s1. The van der Waals surface area contributed by atoms with Crippen molar-refractivity contribution < 1.29 is 17.9 Å². The largest absolute Gasteiger partial charge is 0.379 e. The fourth-order valence-electron chi connectivity index (χ4n) is 4.24. The van der Waals surface area contributed by atoms with Gasteiger partial charge in [-0.05, 0) is 23.7 Å². The molecule has 0 aromatic rings. The van der Waals surface area contributed by atoms with Crippen LogP contribution in [0.4, 0.5) is 0 Å². The molecule has 2 bridgehead atoms. The van der Waals surface area contributed by atoms with Gasteiger partial charge < -0.3 is 4.74 Å². The van der Waals surface area contributed by atoms with E-state index in [1.807, 2.05) is 0 Å². The minimum atomic E-state index is -3.53. The summed E-state index contributed by atoms with van der Waals surface area (Å²) in [5.41, 5.74) is -0.0808. The Kier molecular flexibility index (Phi) is 3.27. The van der Waals surface area contributed by atoms with Gasteiger partial charge >= 0.3 is 0 Å². The number of morpholine rings is 1. The number of nitrogens with zero attached hydrogens (tertiary/aromatic N) is 1. The minimum absolute atomic E-state index is 0.0390. The topological polar surface area (TPSA) is 63.7 Å². The van der Waals surface area contributed by atoms with Crippen LogP contribution in [0.2, 0.25) is 0 Å². The molecule has 0 amide bonds. The van der Waals surface area contributed by atoms with Crippen LogP contribution in [-0.4, -0.2) is 50.1 Å². The number of rotatable bonds is 2. The molecule has 3 aliphatic rings. The van der Waals surface area contributed by atoms with Gasteiger partial charge in [0.05, 0.1) is 13.2 Å². The van der Waals surface area contributed by atoms with Crippen molar-refractivity contribution in [1.82, 2.24) is 4.31 Å². The van der Waals surface area contributed by atoms with Crippen LogP contribution < -0.4 is 0 Å². The predicted molar refractivity (Wildman–Crippen MR) is 74.6 cm³/mol. The molecule has 1 heterocycles. The highest BCUT2D eigenvalue weighted by molar-refractivity contribution is 7.90. The van der Waals surface area contributed by atoms with Gasteiger partial charge in [0, 0.05) is 19.0 Å². The van der Waals surface area contributed by atoms with E-state index in [0.717, 1.165) is 6.42 Å². The molecular weight excluding hydrogens is 278 g/mol. The van der Waals surface area contributed by atoms with Gasteiger partial charge in [0.25, 0.3) is 0 Å². The first kappa shape index (κ1) is 14.5. The van der Waals surface area contributed by atoms with E-state index >= 15 is 0 Å². The van der Waals surface area contributed by atoms with Gasteiger partial charge in [-0.15, -0.1) is 0 Å². The maximum Gasteiger partial charge on any atom is 0.224 e. The van der Waals surface area contributed by atoms with Crippen molar-refractivity contribution >= 4 is 15.8 Å². The smallest absolute Gasteiger partial charge is 0.224 e. The van der Waals surface area contributed by atoms with E-state index in [0.29, 0.717) is 26.3 Å². The van der Waals surface area contributed by atoms with Crippen molar-refractivity contribution in [2.24, 2.45) is 23.2 Å². The Morgan fingerprint density at radius 1 is 1.25 bits per heavy atom. The molecule has 0 spiro atoms. The second kappa shape index (κ2) is 4.52. The molecule has 0 radical (unpaired) electrons. The lowest BCUT2D eigenvalue weighted by Crippen LogP contribution is -2.53. The van der Waals surface area contributed by atoms with Crippen LogP contribution >= 0.6 is 0 Å². The molecular formula is C14H23NO4S. The fourth-order valence-corrected chi connectivity index (χ4v) is 6.56. The Bertz CT molecular complexity index is 521. The number of fused-ring (bicyclic) bond motifs is 2. The SMILES string of the molecule is C[C@H]1[C@H]2C[C@H]([C@@H](S(=O)(=O)N3CCOCC3)C2=O)C1(C)C. The number of carbonyl (C=O) groups is 1.